The van der Waals surface area contributed by atoms with Gasteiger partial charge in [-0.2, -0.15) is 0 Å². The second-order valence-electron chi connectivity index (χ2n) is 14.2. The molecule has 4 fully saturated rings. The van der Waals surface area contributed by atoms with Crippen LogP contribution in [0.5, 0.6) is 0 Å². The Hall–Kier alpha value is -0.380. The number of fused-ring (bicyclic) bond motifs is 7. The first-order valence-electron chi connectivity index (χ1n) is 13.5. The van der Waals surface area contributed by atoms with Crippen LogP contribution in [-0.4, -0.2) is 34.1 Å². The molecule has 0 bridgehead atoms. The lowest BCUT2D eigenvalue weighted by atomic mass is 9.33. The third-order valence-corrected chi connectivity index (χ3v) is 12.9. The fraction of sp³-hybridized carbons (Fsp3) is 0.931. The minimum absolute atomic E-state index is 0.0504. The van der Waals surface area contributed by atoms with Crippen LogP contribution in [0.1, 0.15) is 99.3 Å². The van der Waals surface area contributed by atoms with Gasteiger partial charge in [0.05, 0.1) is 18.8 Å². The standard InChI is InChI=1S/C29H48O3/c1-18-8-7-12-25(2)14-15-28(5)19(23(18)25)9-10-22-26(3)16-20(31)24(32)27(4,17-30)21(26)11-13-29(22,28)6/h9,18,20-24,30-32H,7-8,10-17H2,1-6H3/t18-,20+,21+,22+,23-,24-,25+,26-,27-,28+,29+/m0/s1. The summed E-state index contributed by atoms with van der Waals surface area (Å²) in [6.45, 7) is 14.6. The molecule has 0 unspecified atom stereocenters. The summed E-state index contributed by atoms with van der Waals surface area (Å²) in [4.78, 5) is 0. The Labute approximate surface area is 196 Å². The fourth-order valence-corrected chi connectivity index (χ4v) is 10.9. The molecule has 3 N–H and O–H groups in total. The molecule has 182 valence electrons. The summed E-state index contributed by atoms with van der Waals surface area (Å²) < 4.78 is 0. The Morgan fingerprint density at radius 1 is 0.938 bits per heavy atom. The zero-order valence-electron chi connectivity index (χ0n) is 21.5. The molecule has 5 rings (SSSR count). The first kappa shape index (κ1) is 23.4. The van der Waals surface area contributed by atoms with Crippen molar-refractivity contribution in [2.45, 2.75) is 112 Å². The molecule has 0 spiro atoms. The lowest BCUT2D eigenvalue weighted by Gasteiger charge is -2.71. The topological polar surface area (TPSA) is 60.7 Å². The number of hydrogen-bond donors (Lipinski definition) is 3. The van der Waals surface area contributed by atoms with E-state index in [9.17, 15) is 15.3 Å². The molecule has 0 aliphatic heterocycles. The number of allylic oxidation sites excluding steroid dienone is 2. The highest BCUT2D eigenvalue weighted by molar-refractivity contribution is 5.33. The van der Waals surface area contributed by atoms with Crippen molar-refractivity contribution in [1.29, 1.82) is 0 Å². The summed E-state index contributed by atoms with van der Waals surface area (Å²) in [6, 6.07) is 0. The maximum Gasteiger partial charge on any atom is 0.0877 e. The van der Waals surface area contributed by atoms with E-state index in [1.54, 1.807) is 5.57 Å². The predicted octanol–water partition coefficient (Wildman–Crippen LogP) is 5.72. The van der Waals surface area contributed by atoms with Crippen LogP contribution in [-0.2, 0) is 0 Å². The first-order valence-corrected chi connectivity index (χ1v) is 13.5. The van der Waals surface area contributed by atoms with Gasteiger partial charge in [0.1, 0.15) is 0 Å². The lowest BCUT2D eigenvalue weighted by Crippen LogP contribution is -2.67. The summed E-state index contributed by atoms with van der Waals surface area (Å²) >= 11 is 0. The molecule has 0 aromatic carbocycles. The monoisotopic (exact) mass is 444 g/mol. The highest BCUT2D eigenvalue weighted by Crippen LogP contribution is 2.75. The maximum atomic E-state index is 11.0. The van der Waals surface area contributed by atoms with Gasteiger partial charge < -0.3 is 15.3 Å². The normalized spacial score (nSPS) is 59.8. The Morgan fingerprint density at radius 3 is 2.34 bits per heavy atom. The van der Waals surface area contributed by atoms with Gasteiger partial charge in [-0.15, -0.1) is 0 Å². The van der Waals surface area contributed by atoms with Crippen molar-refractivity contribution in [3.05, 3.63) is 11.6 Å². The molecule has 5 aliphatic rings. The predicted molar refractivity (Wildman–Crippen MR) is 129 cm³/mol. The zero-order valence-corrected chi connectivity index (χ0v) is 21.5. The van der Waals surface area contributed by atoms with E-state index < -0.39 is 17.6 Å². The number of aliphatic hydroxyl groups excluding tert-OH is 3. The minimum atomic E-state index is -0.835. The van der Waals surface area contributed by atoms with E-state index in [0.717, 1.165) is 24.7 Å². The van der Waals surface area contributed by atoms with E-state index in [1.165, 1.54) is 38.5 Å². The molecule has 0 aromatic rings. The SMILES string of the molecule is C[C@H]1CCC[C@]2(C)CC[C@]3(C)C(=CC[C@@H]4[C@@]5(C)C[C@@H](O)[C@H](O)[C@@](C)(CO)[C@@H]5CC[C@]43C)[C@H]12. The van der Waals surface area contributed by atoms with Gasteiger partial charge in [0.25, 0.3) is 0 Å². The summed E-state index contributed by atoms with van der Waals surface area (Å²) in [6.07, 6.45) is 11.8. The van der Waals surface area contributed by atoms with E-state index in [1.807, 2.05) is 6.92 Å². The van der Waals surface area contributed by atoms with E-state index in [2.05, 4.69) is 40.7 Å². The summed E-state index contributed by atoms with van der Waals surface area (Å²) in [7, 11) is 0. The van der Waals surface area contributed by atoms with Crippen LogP contribution in [0.3, 0.4) is 0 Å². The van der Waals surface area contributed by atoms with Crippen LogP contribution in [0.15, 0.2) is 11.6 Å². The summed E-state index contributed by atoms with van der Waals surface area (Å²) in [5.74, 6) is 2.23. The Kier molecular flexibility index (Phi) is 5.17. The molecule has 11 atom stereocenters. The largest absolute Gasteiger partial charge is 0.396 e. The molecule has 32 heavy (non-hydrogen) atoms. The molecular weight excluding hydrogens is 396 g/mol. The van der Waals surface area contributed by atoms with Crippen LogP contribution >= 0.6 is 0 Å². The lowest BCUT2D eigenvalue weighted by molar-refractivity contribution is -0.243. The first-order chi connectivity index (χ1) is 14.9. The average Bonchev–Trinajstić information content (AvgIpc) is 2.73. The molecule has 0 saturated heterocycles. The van der Waals surface area contributed by atoms with Crippen LogP contribution in [0, 0.1) is 50.7 Å². The van der Waals surface area contributed by atoms with Gasteiger partial charge in [0.2, 0.25) is 0 Å². The van der Waals surface area contributed by atoms with Gasteiger partial charge in [0, 0.05) is 5.41 Å². The highest BCUT2D eigenvalue weighted by atomic mass is 16.3. The van der Waals surface area contributed by atoms with Crippen molar-refractivity contribution < 1.29 is 15.3 Å². The summed E-state index contributed by atoms with van der Waals surface area (Å²) in [5.41, 5.74) is 1.98. The molecule has 4 saturated carbocycles. The van der Waals surface area contributed by atoms with Crippen LogP contribution in [0.4, 0.5) is 0 Å². The van der Waals surface area contributed by atoms with Crippen LogP contribution in [0.25, 0.3) is 0 Å². The Balaban J connectivity index is 1.60. The fourth-order valence-electron chi connectivity index (χ4n) is 10.9. The van der Waals surface area contributed by atoms with Crippen molar-refractivity contribution in [3.8, 4) is 0 Å². The molecule has 5 aliphatic carbocycles. The molecule has 0 radical (unpaired) electrons. The van der Waals surface area contributed by atoms with Crippen molar-refractivity contribution in [2.24, 2.45) is 50.7 Å². The smallest absolute Gasteiger partial charge is 0.0877 e. The highest BCUT2D eigenvalue weighted by Gasteiger charge is 2.69. The number of rotatable bonds is 1. The van der Waals surface area contributed by atoms with Crippen molar-refractivity contribution in [2.75, 3.05) is 6.61 Å². The Bertz CT molecular complexity index is 806. The van der Waals surface area contributed by atoms with E-state index in [-0.39, 0.29) is 28.8 Å². The van der Waals surface area contributed by atoms with Crippen molar-refractivity contribution in [1.82, 2.24) is 0 Å². The maximum absolute atomic E-state index is 11.0. The van der Waals surface area contributed by atoms with E-state index in [0.29, 0.717) is 17.8 Å². The Morgan fingerprint density at radius 2 is 1.66 bits per heavy atom. The number of aliphatic hydroxyl groups is 3. The van der Waals surface area contributed by atoms with Crippen molar-refractivity contribution in [3.63, 3.8) is 0 Å². The van der Waals surface area contributed by atoms with Gasteiger partial charge in [-0.1, -0.05) is 66.0 Å². The zero-order chi connectivity index (χ0) is 23.3. The molecule has 3 nitrogen and oxygen atoms in total. The van der Waals surface area contributed by atoms with Crippen molar-refractivity contribution >= 4 is 0 Å². The van der Waals surface area contributed by atoms with Crippen LogP contribution < -0.4 is 0 Å². The van der Waals surface area contributed by atoms with E-state index >= 15 is 0 Å². The quantitative estimate of drug-likeness (QED) is 0.453. The second kappa shape index (κ2) is 7.08. The molecule has 0 aromatic heterocycles. The van der Waals surface area contributed by atoms with Gasteiger partial charge in [0.15, 0.2) is 0 Å². The van der Waals surface area contributed by atoms with E-state index in [4.69, 9.17) is 0 Å². The third-order valence-electron chi connectivity index (χ3n) is 12.9. The third kappa shape index (κ3) is 2.65. The average molecular weight is 445 g/mol. The second-order valence-corrected chi connectivity index (χ2v) is 14.2. The molecule has 0 heterocycles. The molecule has 3 heteroatoms. The summed E-state index contributed by atoms with van der Waals surface area (Å²) in [5, 5.41) is 32.3. The van der Waals surface area contributed by atoms with Gasteiger partial charge in [-0.3, -0.25) is 0 Å². The van der Waals surface area contributed by atoms with Gasteiger partial charge in [-0.05, 0) is 90.3 Å². The molecular formula is C29H48O3. The molecule has 0 amide bonds. The van der Waals surface area contributed by atoms with Crippen LogP contribution in [0.2, 0.25) is 0 Å². The van der Waals surface area contributed by atoms with Gasteiger partial charge in [-0.25, -0.2) is 0 Å². The number of hydrogen-bond acceptors (Lipinski definition) is 3. The minimum Gasteiger partial charge on any atom is -0.396 e. The van der Waals surface area contributed by atoms with Gasteiger partial charge >= 0.3 is 0 Å².